The first-order chi connectivity index (χ1) is 14.5. The van der Waals surface area contributed by atoms with E-state index in [2.05, 4.69) is 20.3 Å². The zero-order valence-electron chi connectivity index (χ0n) is 16.6. The third kappa shape index (κ3) is 4.51. The lowest BCUT2D eigenvalue weighted by molar-refractivity contribution is 0.0341. The van der Waals surface area contributed by atoms with Crippen LogP contribution in [0.4, 0.5) is 0 Å². The normalized spacial score (nSPS) is 14.7. The zero-order chi connectivity index (χ0) is 21.1. The molecular formula is C21H22ClN5O3. The summed E-state index contributed by atoms with van der Waals surface area (Å²) in [5, 5.41) is 7.91. The number of nitrogens with one attached hydrogen (secondary N) is 1. The molecule has 3 aromatic rings. The predicted molar refractivity (Wildman–Crippen MR) is 113 cm³/mol. The van der Waals surface area contributed by atoms with Crippen LogP contribution < -0.4 is 10.7 Å². The lowest BCUT2D eigenvalue weighted by Crippen LogP contribution is -2.35. The minimum Gasteiger partial charge on any atom is -0.379 e. The van der Waals surface area contributed by atoms with Crippen LogP contribution in [0.5, 0.6) is 0 Å². The highest BCUT2D eigenvalue weighted by Crippen LogP contribution is 2.13. The molecule has 0 saturated carbocycles. The molecule has 30 heavy (non-hydrogen) atoms. The molecular weight excluding hydrogens is 406 g/mol. The standard InChI is InChI=1S/C21H22ClN5O3/c1-26-20-17(10-15(12-23-20)13-27-6-8-30-9-7-27)19(28)18(25-26)21(29)24-11-14-2-4-16(22)5-3-14/h2-5,10,12H,6-9,11,13H2,1H3,(H,24,29). The van der Waals surface area contributed by atoms with Gasteiger partial charge in [-0.25, -0.2) is 9.67 Å². The van der Waals surface area contributed by atoms with Crippen LogP contribution in [0.25, 0.3) is 11.0 Å². The number of hydrogen-bond acceptors (Lipinski definition) is 6. The summed E-state index contributed by atoms with van der Waals surface area (Å²) in [5.74, 6) is -0.522. The van der Waals surface area contributed by atoms with E-state index < -0.39 is 11.3 Å². The van der Waals surface area contributed by atoms with Crippen molar-refractivity contribution in [1.82, 2.24) is 25.0 Å². The number of fused-ring (bicyclic) bond motifs is 1. The van der Waals surface area contributed by atoms with Gasteiger partial charge in [0.15, 0.2) is 11.3 Å². The van der Waals surface area contributed by atoms with Gasteiger partial charge in [0.25, 0.3) is 5.91 Å². The lowest BCUT2D eigenvalue weighted by atomic mass is 10.1. The Bertz CT molecular complexity index is 1120. The van der Waals surface area contributed by atoms with Gasteiger partial charge >= 0.3 is 0 Å². The van der Waals surface area contributed by atoms with Crippen molar-refractivity contribution in [2.24, 2.45) is 7.05 Å². The molecule has 9 heteroatoms. The molecule has 0 radical (unpaired) electrons. The molecule has 1 amide bonds. The number of halogens is 1. The molecule has 156 valence electrons. The maximum Gasteiger partial charge on any atom is 0.276 e. The summed E-state index contributed by atoms with van der Waals surface area (Å²) in [7, 11) is 1.67. The topological polar surface area (TPSA) is 89.4 Å². The number of nitrogens with zero attached hydrogens (tertiary/aromatic N) is 4. The zero-order valence-corrected chi connectivity index (χ0v) is 17.4. The summed E-state index contributed by atoms with van der Waals surface area (Å²) in [6.45, 7) is 4.02. The van der Waals surface area contributed by atoms with Gasteiger partial charge in [-0.05, 0) is 29.3 Å². The lowest BCUT2D eigenvalue weighted by Gasteiger charge is -2.26. The summed E-state index contributed by atoms with van der Waals surface area (Å²) < 4.78 is 6.84. The van der Waals surface area contributed by atoms with Crippen molar-refractivity contribution < 1.29 is 9.53 Å². The van der Waals surface area contributed by atoms with Crippen LogP contribution in [0, 0.1) is 0 Å². The van der Waals surface area contributed by atoms with Crippen LogP contribution >= 0.6 is 11.6 Å². The quantitative estimate of drug-likeness (QED) is 0.667. The fourth-order valence-electron chi connectivity index (χ4n) is 3.42. The molecule has 0 aliphatic carbocycles. The maximum absolute atomic E-state index is 13.0. The first-order valence-electron chi connectivity index (χ1n) is 9.70. The second kappa shape index (κ2) is 8.91. The number of hydrogen-bond donors (Lipinski definition) is 1. The van der Waals surface area contributed by atoms with E-state index in [0.29, 0.717) is 35.8 Å². The molecule has 3 heterocycles. The number of rotatable bonds is 5. The van der Waals surface area contributed by atoms with Crippen LogP contribution in [-0.4, -0.2) is 51.9 Å². The molecule has 2 aromatic heterocycles. The number of morpholine rings is 1. The highest BCUT2D eigenvalue weighted by Gasteiger charge is 2.18. The summed E-state index contributed by atoms with van der Waals surface area (Å²) in [6, 6.07) is 8.93. The number of amides is 1. The van der Waals surface area contributed by atoms with Crippen molar-refractivity contribution in [3.63, 3.8) is 0 Å². The van der Waals surface area contributed by atoms with Gasteiger partial charge < -0.3 is 10.1 Å². The van der Waals surface area contributed by atoms with Gasteiger partial charge in [0.2, 0.25) is 5.43 Å². The van der Waals surface area contributed by atoms with Gasteiger partial charge in [0.1, 0.15) is 0 Å². The largest absolute Gasteiger partial charge is 0.379 e. The smallest absolute Gasteiger partial charge is 0.276 e. The number of benzene rings is 1. The Kier molecular flexibility index (Phi) is 6.08. The molecule has 1 aliphatic heterocycles. The number of aryl methyl sites for hydroxylation is 1. The van der Waals surface area contributed by atoms with Crippen LogP contribution in [0.2, 0.25) is 5.02 Å². The Morgan fingerprint density at radius 3 is 2.67 bits per heavy atom. The van der Waals surface area contributed by atoms with Crippen LogP contribution in [0.3, 0.4) is 0 Å². The van der Waals surface area contributed by atoms with Crippen LogP contribution in [0.15, 0.2) is 41.3 Å². The highest BCUT2D eigenvalue weighted by molar-refractivity contribution is 6.30. The summed E-state index contributed by atoms with van der Waals surface area (Å²) in [6.07, 6.45) is 1.75. The number of carbonyl (C=O) groups is 1. The minimum absolute atomic E-state index is 0.149. The number of ether oxygens (including phenoxy) is 1. The first-order valence-corrected chi connectivity index (χ1v) is 10.1. The molecule has 1 saturated heterocycles. The van der Waals surface area contributed by atoms with E-state index in [4.69, 9.17) is 16.3 Å². The fraction of sp³-hybridized carbons (Fsp3) is 0.333. The van der Waals surface area contributed by atoms with Gasteiger partial charge in [-0.1, -0.05) is 23.7 Å². The molecule has 0 spiro atoms. The summed E-state index contributed by atoms with van der Waals surface area (Å²) in [5.41, 5.74) is 1.66. The van der Waals surface area contributed by atoms with Crippen molar-refractivity contribution in [1.29, 1.82) is 0 Å². The Morgan fingerprint density at radius 2 is 1.93 bits per heavy atom. The summed E-state index contributed by atoms with van der Waals surface area (Å²) >= 11 is 5.88. The monoisotopic (exact) mass is 427 g/mol. The molecule has 0 atom stereocenters. The van der Waals surface area contributed by atoms with E-state index >= 15 is 0 Å². The van der Waals surface area contributed by atoms with Crippen molar-refractivity contribution in [2.75, 3.05) is 26.3 Å². The second-order valence-corrected chi connectivity index (χ2v) is 7.65. The minimum atomic E-state index is -0.522. The third-order valence-corrected chi connectivity index (χ3v) is 5.28. The third-order valence-electron chi connectivity index (χ3n) is 5.03. The maximum atomic E-state index is 13.0. The average molecular weight is 428 g/mol. The van der Waals surface area contributed by atoms with Gasteiger partial charge in [-0.3, -0.25) is 14.5 Å². The van der Waals surface area contributed by atoms with E-state index in [-0.39, 0.29) is 12.2 Å². The summed E-state index contributed by atoms with van der Waals surface area (Å²) in [4.78, 5) is 32.3. The van der Waals surface area contributed by atoms with Crippen LogP contribution in [0.1, 0.15) is 21.6 Å². The van der Waals surface area contributed by atoms with E-state index in [1.54, 1.807) is 31.4 Å². The number of pyridine rings is 1. The van der Waals surface area contributed by atoms with E-state index in [9.17, 15) is 9.59 Å². The molecule has 1 aliphatic rings. The Balaban J connectivity index is 1.58. The van der Waals surface area contributed by atoms with Gasteiger partial charge in [-0.15, -0.1) is 0 Å². The molecule has 1 fully saturated rings. The Labute approximate surface area is 178 Å². The molecule has 8 nitrogen and oxygen atoms in total. The molecule has 0 unspecified atom stereocenters. The van der Waals surface area contributed by atoms with Gasteiger partial charge in [-0.2, -0.15) is 5.10 Å². The molecule has 4 rings (SSSR count). The second-order valence-electron chi connectivity index (χ2n) is 7.21. The molecule has 1 N–H and O–H groups in total. The molecule has 0 bridgehead atoms. The number of aromatic nitrogens is 3. The SMILES string of the molecule is Cn1nc(C(=O)NCc2ccc(Cl)cc2)c(=O)c2cc(CN3CCOCC3)cnc21. The van der Waals surface area contributed by atoms with Crippen LogP contribution in [-0.2, 0) is 24.9 Å². The first kappa shape index (κ1) is 20.5. The molecule has 1 aromatic carbocycles. The highest BCUT2D eigenvalue weighted by atomic mass is 35.5. The van der Waals surface area contributed by atoms with Crippen molar-refractivity contribution in [3.8, 4) is 0 Å². The van der Waals surface area contributed by atoms with E-state index in [1.807, 2.05) is 12.1 Å². The fourth-order valence-corrected chi connectivity index (χ4v) is 3.54. The number of carbonyl (C=O) groups excluding carboxylic acids is 1. The van der Waals surface area contributed by atoms with E-state index in [0.717, 1.165) is 24.2 Å². The van der Waals surface area contributed by atoms with Crippen molar-refractivity contribution >= 4 is 28.5 Å². The average Bonchev–Trinajstić information content (AvgIpc) is 2.76. The Morgan fingerprint density at radius 1 is 1.20 bits per heavy atom. The predicted octanol–water partition coefficient (Wildman–Crippen LogP) is 1.74. The van der Waals surface area contributed by atoms with Crippen molar-refractivity contribution in [3.05, 3.63) is 68.6 Å². The van der Waals surface area contributed by atoms with Gasteiger partial charge in [0, 0.05) is 44.4 Å². The van der Waals surface area contributed by atoms with Crippen molar-refractivity contribution in [2.45, 2.75) is 13.1 Å². The Hall–Kier alpha value is -2.81. The van der Waals surface area contributed by atoms with E-state index in [1.165, 1.54) is 4.68 Å². The van der Waals surface area contributed by atoms with Gasteiger partial charge in [0.05, 0.1) is 18.6 Å².